The number of anilines is 1. The molecule has 0 radical (unpaired) electrons. The van der Waals surface area contributed by atoms with Crippen LogP contribution < -0.4 is 5.32 Å². The van der Waals surface area contributed by atoms with Crippen LogP contribution in [-0.4, -0.2) is 22.6 Å². The maximum Gasteiger partial charge on any atom is 0.339 e. The van der Waals surface area contributed by atoms with Crippen molar-refractivity contribution in [3.8, 4) is 0 Å². The normalized spacial score (nSPS) is 23.0. The Labute approximate surface area is 107 Å². The van der Waals surface area contributed by atoms with E-state index in [-0.39, 0.29) is 5.56 Å². The fraction of sp³-hybridized carbons (Fsp3) is 0.571. The molecule has 1 aliphatic carbocycles. The van der Waals surface area contributed by atoms with Gasteiger partial charge in [-0.05, 0) is 37.3 Å². The lowest BCUT2D eigenvalue weighted by atomic mass is 9.98. The molecule has 2 rings (SSSR count). The van der Waals surface area contributed by atoms with E-state index in [0.29, 0.717) is 11.7 Å². The molecular weight excluding hydrogens is 228 g/mol. The number of pyridine rings is 1. The average molecular weight is 248 g/mol. The largest absolute Gasteiger partial charge is 0.478 e. The van der Waals surface area contributed by atoms with Crippen LogP contribution >= 0.6 is 0 Å². The van der Waals surface area contributed by atoms with Crippen molar-refractivity contribution in [1.29, 1.82) is 0 Å². The van der Waals surface area contributed by atoms with Crippen LogP contribution in [0.1, 0.15) is 42.2 Å². The van der Waals surface area contributed by atoms with Gasteiger partial charge in [0.15, 0.2) is 0 Å². The van der Waals surface area contributed by atoms with Gasteiger partial charge in [-0.3, -0.25) is 0 Å². The molecule has 1 heterocycles. The van der Waals surface area contributed by atoms with Crippen molar-refractivity contribution >= 4 is 11.8 Å². The number of hydrogen-bond donors (Lipinski definition) is 2. The Bertz CT molecular complexity index is 445. The van der Waals surface area contributed by atoms with Crippen molar-refractivity contribution in [2.75, 3.05) is 11.9 Å². The highest BCUT2D eigenvalue weighted by Gasteiger charge is 2.23. The number of carboxylic acids is 1. The van der Waals surface area contributed by atoms with E-state index in [1.54, 1.807) is 12.1 Å². The van der Waals surface area contributed by atoms with Crippen molar-refractivity contribution in [3.63, 3.8) is 0 Å². The smallest absolute Gasteiger partial charge is 0.339 e. The standard InChI is InChI=1S/C14H20N2O2/c1-9-4-3-5-11(9)8-15-13-12(14(17)18)7-6-10(2)16-13/h6-7,9,11H,3-5,8H2,1-2H3,(H,15,16)(H,17,18). The zero-order valence-electron chi connectivity index (χ0n) is 10.9. The molecule has 1 saturated carbocycles. The summed E-state index contributed by atoms with van der Waals surface area (Å²) in [5.74, 6) is 0.926. The summed E-state index contributed by atoms with van der Waals surface area (Å²) < 4.78 is 0. The van der Waals surface area contributed by atoms with E-state index >= 15 is 0 Å². The third-order valence-electron chi connectivity index (χ3n) is 3.84. The molecule has 18 heavy (non-hydrogen) atoms. The van der Waals surface area contributed by atoms with Gasteiger partial charge in [-0.25, -0.2) is 9.78 Å². The first-order valence-electron chi connectivity index (χ1n) is 6.52. The first-order valence-corrected chi connectivity index (χ1v) is 6.52. The van der Waals surface area contributed by atoms with Gasteiger partial charge >= 0.3 is 5.97 Å². The Kier molecular flexibility index (Phi) is 3.84. The van der Waals surface area contributed by atoms with Crippen LogP contribution in [0.2, 0.25) is 0 Å². The molecule has 1 fully saturated rings. The van der Waals surface area contributed by atoms with Gasteiger partial charge in [0.25, 0.3) is 0 Å². The minimum Gasteiger partial charge on any atom is -0.478 e. The van der Waals surface area contributed by atoms with Crippen molar-refractivity contribution in [3.05, 3.63) is 23.4 Å². The molecule has 2 unspecified atom stereocenters. The molecule has 0 aliphatic heterocycles. The van der Waals surface area contributed by atoms with Crippen LogP contribution in [0.3, 0.4) is 0 Å². The lowest BCUT2D eigenvalue weighted by molar-refractivity contribution is 0.0697. The van der Waals surface area contributed by atoms with Gasteiger partial charge in [-0.15, -0.1) is 0 Å². The fourth-order valence-electron chi connectivity index (χ4n) is 2.62. The Hall–Kier alpha value is -1.58. The van der Waals surface area contributed by atoms with Gasteiger partial charge < -0.3 is 10.4 Å². The summed E-state index contributed by atoms with van der Waals surface area (Å²) in [4.78, 5) is 15.4. The predicted octanol–water partition coefficient (Wildman–Crippen LogP) is 2.94. The minimum absolute atomic E-state index is 0.256. The van der Waals surface area contributed by atoms with Crippen molar-refractivity contribution in [2.45, 2.75) is 33.1 Å². The number of hydrogen-bond acceptors (Lipinski definition) is 3. The van der Waals surface area contributed by atoms with Crippen LogP contribution in [0, 0.1) is 18.8 Å². The summed E-state index contributed by atoms with van der Waals surface area (Å²) in [6.07, 6.45) is 3.78. The van der Waals surface area contributed by atoms with Crippen LogP contribution in [0.25, 0.3) is 0 Å². The summed E-state index contributed by atoms with van der Waals surface area (Å²) >= 11 is 0. The summed E-state index contributed by atoms with van der Waals surface area (Å²) in [5.41, 5.74) is 1.09. The van der Waals surface area contributed by atoms with Gasteiger partial charge in [0.05, 0.1) is 0 Å². The van der Waals surface area contributed by atoms with E-state index in [1.165, 1.54) is 19.3 Å². The Morgan fingerprint density at radius 3 is 2.89 bits per heavy atom. The van der Waals surface area contributed by atoms with Crippen molar-refractivity contribution in [2.24, 2.45) is 11.8 Å². The number of aromatic nitrogens is 1. The molecule has 2 atom stereocenters. The maximum absolute atomic E-state index is 11.1. The van der Waals surface area contributed by atoms with Crippen LogP contribution in [0.5, 0.6) is 0 Å². The molecular formula is C14H20N2O2. The summed E-state index contributed by atoms with van der Waals surface area (Å²) in [5, 5.41) is 12.3. The van der Waals surface area contributed by atoms with Gasteiger partial charge in [0.1, 0.15) is 11.4 Å². The quantitative estimate of drug-likeness (QED) is 0.860. The van der Waals surface area contributed by atoms with Crippen molar-refractivity contribution in [1.82, 2.24) is 4.98 Å². The molecule has 0 bridgehead atoms. The zero-order valence-corrected chi connectivity index (χ0v) is 10.9. The molecule has 1 aromatic rings. The average Bonchev–Trinajstić information content (AvgIpc) is 2.72. The molecule has 1 aliphatic rings. The van der Waals surface area contributed by atoms with Gasteiger partial charge in [0, 0.05) is 12.2 Å². The second-order valence-corrected chi connectivity index (χ2v) is 5.20. The molecule has 0 amide bonds. The molecule has 0 aromatic carbocycles. The Balaban J connectivity index is 2.08. The van der Waals surface area contributed by atoms with Crippen LogP contribution in [0.15, 0.2) is 12.1 Å². The van der Waals surface area contributed by atoms with Gasteiger partial charge in [-0.1, -0.05) is 19.8 Å². The van der Waals surface area contributed by atoms with Crippen LogP contribution in [0.4, 0.5) is 5.82 Å². The summed E-state index contributed by atoms with van der Waals surface area (Å²) in [6.45, 7) is 4.95. The van der Waals surface area contributed by atoms with E-state index in [0.717, 1.165) is 18.2 Å². The van der Waals surface area contributed by atoms with E-state index in [4.69, 9.17) is 5.11 Å². The minimum atomic E-state index is -0.926. The maximum atomic E-state index is 11.1. The third kappa shape index (κ3) is 2.81. The van der Waals surface area contributed by atoms with E-state index in [9.17, 15) is 4.79 Å². The Morgan fingerprint density at radius 2 is 2.28 bits per heavy atom. The highest BCUT2D eigenvalue weighted by molar-refractivity contribution is 5.93. The number of nitrogens with zero attached hydrogens (tertiary/aromatic N) is 1. The van der Waals surface area contributed by atoms with Crippen molar-refractivity contribution < 1.29 is 9.90 Å². The topological polar surface area (TPSA) is 62.2 Å². The van der Waals surface area contributed by atoms with Gasteiger partial charge in [0.2, 0.25) is 0 Å². The first-order chi connectivity index (χ1) is 8.58. The summed E-state index contributed by atoms with van der Waals surface area (Å²) in [6, 6.07) is 3.35. The number of nitrogens with one attached hydrogen (secondary N) is 1. The zero-order chi connectivity index (χ0) is 13.1. The Morgan fingerprint density at radius 1 is 1.50 bits per heavy atom. The molecule has 1 aromatic heterocycles. The second kappa shape index (κ2) is 5.38. The molecule has 0 spiro atoms. The molecule has 4 heteroatoms. The van der Waals surface area contributed by atoms with Gasteiger partial charge in [-0.2, -0.15) is 0 Å². The fourth-order valence-corrected chi connectivity index (χ4v) is 2.62. The highest BCUT2D eigenvalue weighted by Crippen LogP contribution is 2.31. The lowest BCUT2D eigenvalue weighted by Crippen LogP contribution is -2.19. The number of carbonyl (C=O) groups is 1. The predicted molar refractivity (Wildman–Crippen MR) is 70.9 cm³/mol. The number of rotatable bonds is 4. The molecule has 0 saturated heterocycles. The molecule has 4 nitrogen and oxygen atoms in total. The lowest BCUT2D eigenvalue weighted by Gasteiger charge is -2.17. The second-order valence-electron chi connectivity index (χ2n) is 5.20. The molecule has 2 N–H and O–H groups in total. The summed E-state index contributed by atoms with van der Waals surface area (Å²) in [7, 11) is 0. The first kappa shape index (κ1) is 12.9. The van der Waals surface area contributed by atoms with E-state index < -0.39 is 5.97 Å². The number of aryl methyl sites for hydroxylation is 1. The molecule has 98 valence electrons. The SMILES string of the molecule is Cc1ccc(C(=O)O)c(NCC2CCCC2C)n1. The number of aromatic carboxylic acids is 1. The van der Waals surface area contributed by atoms with E-state index in [1.807, 2.05) is 6.92 Å². The highest BCUT2D eigenvalue weighted by atomic mass is 16.4. The van der Waals surface area contributed by atoms with E-state index in [2.05, 4.69) is 17.2 Å². The van der Waals surface area contributed by atoms with Crippen LogP contribution in [-0.2, 0) is 0 Å². The number of carboxylic acid groups (broad SMARTS) is 1. The monoisotopic (exact) mass is 248 g/mol. The third-order valence-corrected chi connectivity index (χ3v) is 3.84.